The number of carbonyl (C=O) groups excluding carboxylic acids is 4. The normalized spacial score (nSPS) is 26.6. The van der Waals surface area contributed by atoms with Crippen LogP contribution in [0.4, 0.5) is 4.79 Å². The van der Waals surface area contributed by atoms with Crippen LogP contribution in [0.3, 0.4) is 0 Å². The standard InChI is InChI=1S/C25H40N4O7S/c1-8-15-14-25(15,21(32)28-37(34,35)16-11-12-16)27-19(30)17-10-9-13-29(17)20(31)18(23(2,3)4)26-22(33)36-24(5,6)7/h8,15-18H,1,9-14H2,2-7H3,(H,26,33)(H,27,30)(H,28,32)/t15?,17-,18+,25+/m0/s1. The van der Waals surface area contributed by atoms with E-state index in [-0.39, 0.29) is 6.42 Å². The van der Waals surface area contributed by atoms with Crippen LogP contribution in [-0.4, -0.2) is 72.2 Å². The Labute approximate surface area is 219 Å². The lowest BCUT2D eigenvalue weighted by Crippen LogP contribution is -2.60. The third-order valence-corrected chi connectivity index (χ3v) is 8.68. The Bertz CT molecular complexity index is 1070. The summed E-state index contributed by atoms with van der Waals surface area (Å²) in [7, 11) is -3.79. The van der Waals surface area contributed by atoms with Crippen molar-refractivity contribution in [2.24, 2.45) is 11.3 Å². The number of nitrogens with one attached hydrogen (secondary N) is 3. The van der Waals surface area contributed by atoms with Crippen molar-refractivity contribution in [3.05, 3.63) is 12.7 Å². The predicted octanol–water partition coefficient (Wildman–Crippen LogP) is 1.59. The summed E-state index contributed by atoms with van der Waals surface area (Å²) in [5.41, 5.74) is -2.85. The van der Waals surface area contributed by atoms with Gasteiger partial charge < -0.3 is 20.3 Å². The summed E-state index contributed by atoms with van der Waals surface area (Å²) in [5, 5.41) is 4.81. The van der Waals surface area contributed by atoms with Gasteiger partial charge in [-0.1, -0.05) is 26.8 Å². The first kappa shape index (κ1) is 28.9. The van der Waals surface area contributed by atoms with Gasteiger partial charge in [0.1, 0.15) is 23.2 Å². The Hall–Kier alpha value is -2.63. The summed E-state index contributed by atoms with van der Waals surface area (Å²) in [6.45, 7) is 14.6. The van der Waals surface area contributed by atoms with Crippen molar-refractivity contribution >= 4 is 33.8 Å². The Morgan fingerprint density at radius 2 is 1.70 bits per heavy atom. The smallest absolute Gasteiger partial charge is 0.408 e. The van der Waals surface area contributed by atoms with Gasteiger partial charge in [0.25, 0.3) is 5.91 Å². The summed E-state index contributed by atoms with van der Waals surface area (Å²) in [6.07, 6.45) is 2.93. The van der Waals surface area contributed by atoms with Gasteiger partial charge in [-0.2, -0.15) is 0 Å². The van der Waals surface area contributed by atoms with Gasteiger partial charge in [-0.3, -0.25) is 19.1 Å². The second kappa shape index (κ2) is 9.92. The fraction of sp³-hybridized carbons (Fsp3) is 0.760. The van der Waals surface area contributed by atoms with Crippen molar-refractivity contribution < 1.29 is 32.3 Å². The van der Waals surface area contributed by atoms with E-state index in [1.807, 2.05) is 0 Å². The number of hydrogen-bond donors (Lipinski definition) is 3. The maximum atomic E-state index is 13.6. The van der Waals surface area contributed by atoms with Crippen LogP contribution in [0.2, 0.25) is 0 Å². The minimum absolute atomic E-state index is 0.222. The van der Waals surface area contributed by atoms with Gasteiger partial charge in [-0.25, -0.2) is 13.2 Å². The average molecular weight is 541 g/mol. The highest BCUT2D eigenvalue weighted by Crippen LogP contribution is 2.45. The van der Waals surface area contributed by atoms with Crippen molar-refractivity contribution in [1.29, 1.82) is 0 Å². The van der Waals surface area contributed by atoms with Crippen molar-refractivity contribution in [3.8, 4) is 0 Å². The summed E-state index contributed by atoms with van der Waals surface area (Å²) < 4.78 is 32.1. The Morgan fingerprint density at radius 1 is 1.08 bits per heavy atom. The Kier molecular flexibility index (Phi) is 7.76. The van der Waals surface area contributed by atoms with Gasteiger partial charge in [0.05, 0.1) is 5.25 Å². The monoisotopic (exact) mass is 540 g/mol. The molecule has 3 N–H and O–H groups in total. The molecule has 1 aliphatic heterocycles. The molecule has 4 atom stereocenters. The minimum atomic E-state index is -3.79. The number of ether oxygens (including phenoxy) is 1. The number of rotatable bonds is 8. The lowest BCUT2D eigenvalue weighted by atomic mass is 9.85. The summed E-state index contributed by atoms with van der Waals surface area (Å²) in [6, 6.07) is -1.83. The second-order valence-electron chi connectivity index (χ2n) is 12.3. The Balaban J connectivity index is 1.75. The lowest BCUT2D eigenvalue weighted by Gasteiger charge is -2.36. The third kappa shape index (κ3) is 6.63. The van der Waals surface area contributed by atoms with Crippen molar-refractivity contribution in [1.82, 2.24) is 20.3 Å². The van der Waals surface area contributed by atoms with Gasteiger partial charge in [-0.15, -0.1) is 6.58 Å². The van der Waals surface area contributed by atoms with Crippen LogP contribution in [0.1, 0.15) is 73.6 Å². The van der Waals surface area contributed by atoms with Gasteiger partial charge in [0, 0.05) is 12.5 Å². The summed E-state index contributed by atoms with van der Waals surface area (Å²) >= 11 is 0. The van der Waals surface area contributed by atoms with Crippen LogP contribution in [0.5, 0.6) is 0 Å². The number of carbonyl (C=O) groups is 4. The van der Waals surface area contributed by atoms with Gasteiger partial charge in [0.15, 0.2) is 0 Å². The molecule has 0 aromatic carbocycles. The third-order valence-electron chi connectivity index (χ3n) is 6.86. The fourth-order valence-electron chi connectivity index (χ4n) is 4.56. The first-order chi connectivity index (χ1) is 16.9. The molecule has 37 heavy (non-hydrogen) atoms. The number of likely N-dealkylation sites (tertiary alicyclic amines) is 1. The fourth-order valence-corrected chi connectivity index (χ4v) is 5.93. The van der Waals surface area contributed by atoms with E-state index < -0.39 is 73.6 Å². The van der Waals surface area contributed by atoms with E-state index in [1.54, 1.807) is 41.5 Å². The van der Waals surface area contributed by atoms with Crippen LogP contribution < -0.4 is 15.4 Å². The average Bonchev–Trinajstić information content (AvgIpc) is 3.66. The molecule has 3 rings (SSSR count). The van der Waals surface area contributed by atoms with E-state index in [2.05, 4.69) is 21.9 Å². The van der Waals surface area contributed by atoms with Crippen molar-refractivity contribution in [2.45, 2.75) is 102 Å². The molecule has 12 heteroatoms. The van der Waals surface area contributed by atoms with E-state index in [0.717, 1.165) is 0 Å². The number of alkyl carbamates (subject to hydrolysis) is 1. The molecule has 4 amide bonds. The molecule has 3 fully saturated rings. The highest BCUT2D eigenvalue weighted by Gasteiger charge is 2.61. The molecule has 208 valence electrons. The molecule has 1 heterocycles. The van der Waals surface area contributed by atoms with Crippen LogP contribution >= 0.6 is 0 Å². The predicted molar refractivity (Wildman–Crippen MR) is 137 cm³/mol. The molecule has 1 saturated heterocycles. The minimum Gasteiger partial charge on any atom is -0.444 e. The molecule has 0 aromatic rings. The SMILES string of the molecule is C=CC1C[C@]1(NC(=O)[C@@H]1CCCN1C(=O)[C@@H](NC(=O)OC(C)(C)C)C(C)(C)C)C(=O)NS(=O)(=O)C1CC1. The van der Waals surface area contributed by atoms with Crippen molar-refractivity contribution in [2.75, 3.05) is 6.54 Å². The van der Waals surface area contributed by atoms with E-state index in [1.165, 1.54) is 11.0 Å². The van der Waals surface area contributed by atoms with Gasteiger partial charge in [-0.05, 0) is 58.3 Å². The van der Waals surface area contributed by atoms with Crippen LogP contribution in [-0.2, 0) is 29.1 Å². The molecule has 0 bridgehead atoms. The van der Waals surface area contributed by atoms with Crippen molar-refractivity contribution in [3.63, 3.8) is 0 Å². The summed E-state index contributed by atoms with van der Waals surface area (Å²) in [5.74, 6) is -2.18. The van der Waals surface area contributed by atoms with Crippen LogP contribution in [0, 0.1) is 11.3 Å². The maximum Gasteiger partial charge on any atom is 0.408 e. The van der Waals surface area contributed by atoms with Crippen LogP contribution in [0.15, 0.2) is 12.7 Å². The lowest BCUT2D eigenvalue weighted by molar-refractivity contribution is -0.142. The summed E-state index contributed by atoms with van der Waals surface area (Å²) in [4.78, 5) is 53.9. The molecule has 0 radical (unpaired) electrons. The largest absolute Gasteiger partial charge is 0.444 e. The second-order valence-corrected chi connectivity index (χ2v) is 14.3. The van der Waals surface area contributed by atoms with E-state index in [9.17, 15) is 27.6 Å². The quantitative estimate of drug-likeness (QED) is 0.396. The van der Waals surface area contributed by atoms with E-state index in [0.29, 0.717) is 32.2 Å². The molecule has 3 aliphatic rings. The number of hydrogen-bond acceptors (Lipinski definition) is 7. The van der Waals surface area contributed by atoms with E-state index in [4.69, 9.17) is 4.74 Å². The first-order valence-corrected chi connectivity index (χ1v) is 14.3. The zero-order valence-electron chi connectivity index (χ0n) is 22.5. The number of nitrogens with zero attached hydrogens (tertiary/aromatic N) is 1. The van der Waals surface area contributed by atoms with Crippen LogP contribution in [0.25, 0.3) is 0 Å². The molecule has 2 aliphatic carbocycles. The van der Waals surface area contributed by atoms with Gasteiger partial charge in [0.2, 0.25) is 21.8 Å². The Morgan fingerprint density at radius 3 is 2.19 bits per heavy atom. The topological polar surface area (TPSA) is 151 Å². The number of amides is 4. The number of sulfonamides is 1. The zero-order valence-corrected chi connectivity index (χ0v) is 23.4. The highest BCUT2D eigenvalue weighted by atomic mass is 32.2. The molecular weight excluding hydrogens is 500 g/mol. The molecule has 0 aromatic heterocycles. The molecule has 2 saturated carbocycles. The molecular formula is C25H40N4O7S. The highest BCUT2D eigenvalue weighted by molar-refractivity contribution is 7.91. The zero-order chi connectivity index (χ0) is 28.0. The van der Waals surface area contributed by atoms with E-state index >= 15 is 0 Å². The van der Waals surface area contributed by atoms with Gasteiger partial charge >= 0.3 is 6.09 Å². The first-order valence-electron chi connectivity index (χ1n) is 12.7. The maximum absolute atomic E-state index is 13.6. The molecule has 1 unspecified atom stereocenters. The molecule has 0 spiro atoms. The molecule has 11 nitrogen and oxygen atoms in total.